The second-order valence-electron chi connectivity index (χ2n) is 7.75. The molecule has 0 bridgehead atoms. The van der Waals surface area contributed by atoms with Crippen LogP contribution in [-0.4, -0.2) is 45.9 Å². The fourth-order valence-corrected chi connectivity index (χ4v) is 4.11. The van der Waals surface area contributed by atoms with Gasteiger partial charge >= 0.3 is 0 Å². The average molecular weight is 396 g/mol. The van der Waals surface area contributed by atoms with Gasteiger partial charge in [-0.3, -0.25) is 18.9 Å². The Hall–Kier alpha value is -2.71. The summed E-state index contributed by atoms with van der Waals surface area (Å²) in [6.45, 7) is 12.3. The van der Waals surface area contributed by atoms with E-state index in [2.05, 4.69) is 40.6 Å². The van der Waals surface area contributed by atoms with Gasteiger partial charge in [0.25, 0.3) is 0 Å². The molecule has 29 heavy (non-hydrogen) atoms. The zero-order chi connectivity index (χ0) is 20.5. The molecule has 0 amide bonds. The minimum atomic E-state index is -0.767. The normalized spacial score (nSPS) is 15.9. The summed E-state index contributed by atoms with van der Waals surface area (Å²) in [7, 11) is 1.83. The molecular formula is C21H29N7O. The monoisotopic (exact) mass is 395 g/mol. The van der Waals surface area contributed by atoms with Crippen LogP contribution in [0, 0.1) is 13.8 Å². The summed E-state index contributed by atoms with van der Waals surface area (Å²) in [5.74, 6) is 0. The zero-order valence-electron chi connectivity index (χ0n) is 17.4. The molecule has 8 nitrogen and oxygen atoms in total. The smallest absolute Gasteiger partial charge is 0.139 e. The highest BCUT2D eigenvalue weighted by molar-refractivity contribution is 5.25. The van der Waals surface area contributed by atoms with E-state index in [0.717, 1.165) is 56.2 Å². The summed E-state index contributed by atoms with van der Waals surface area (Å²) >= 11 is 0. The van der Waals surface area contributed by atoms with Gasteiger partial charge in [-0.2, -0.15) is 15.3 Å². The van der Waals surface area contributed by atoms with Crippen LogP contribution < -0.4 is 0 Å². The van der Waals surface area contributed by atoms with Crippen molar-refractivity contribution in [1.29, 1.82) is 0 Å². The maximum absolute atomic E-state index is 10.7. The van der Waals surface area contributed by atoms with Crippen molar-refractivity contribution in [2.24, 2.45) is 7.05 Å². The Labute approximate surface area is 171 Å². The molecule has 8 heteroatoms. The lowest BCUT2D eigenvalue weighted by Crippen LogP contribution is -2.23. The maximum atomic E-state index is 10.7. The van der Waals surface area contributed by atoms with Crippen molar-refractivity contribution >= 4 is 0 Å². The van der Waals surface area contributed by atoms with E-state index >= 15 is 0 Å². The average Bonchev–Trinajstić information content (AvgIpc) is 3.33. The van der Waals surface area contributed by atoms with Crippen LogP contribution in [0.15, 0.2) is 31.0 Å². The lowest BCUT2D eigenvalue weighted by Gasteiger charge is -2.19. The van der Waals surface area contributed by atoms with Crippen LogP contribution in [0.3, 0.4) is 0 Å². The first-order chi connectivity index (χ1) is 14.0. The molecule has 0 saturated heterocycles. The van der Waals surface area contributed by atoms with Gasteiger partial charge in [0.05, 0.1) is 29.3 Å². The van der Waals surface area contributed by atoms with Crippen LogP contribution in [0.2, 0.25) is 0 Å². The Bertz CT molecular complexity index is 1010. The Morgan fingerprint density at radius 3 is 2.83 bits per heavy atom. The summed E-state index contributed by atoms with van der Waals surface area (Å²) in [4.78, 5) is 2.44. The highest BCUT2D eigenvalue weighted by atomic mass is 16.3. The van der Waals surface area contributed by atoms with Gasteiger partial charge in [0.2, 0.25) is 0 Å². The molecule has 0 saturated carbocycles. The number of aromatic nitrogens is 6. The fourth-order valence-electron chi connectivity index (χ4n) is 4.11. The van der Waals surface area contributed by atoms with Gasteiger partial charge in [-0.05, 0) is 32.4 Å². The topological polar surface area (TPSA) is 76.9 Å². The van der Waals surface area contributed by atoms with Crippen LogP contribution in [0.25, 0.3) is 0 Å². The molecule has 3 aromatic heterocycles. The minimum Gasteiger partial charge on any atom is -0.380 e. The molecular weight excluding hydrogens is 366 g/mol. The number of rotatable bonds is 6. The quantitative estimate of drug-likeness (QED) is 0.647. The van der Waals surface area contributed by atoms with Gasteiger partial charge in [-0.1, -0.05) is 6.08 Å². The molecule has 0 unspecified atom stereocenters. The zero-order valence-corrected chi connectivity index (χ0v) is 17.4. The first kappa shape index (κ1) is 19.6. The lowest BCUT2D eigenvalue weighted by molar-refractivity contribution is 0.203. The van der Waals surface area contributed by atoms with Gasteiger partial charge in [0.15, 0.2) is 0 Å². The molecule has 3 aromatic rings. The standard InChI is InChI=1S/C21H29N7O/c1-5-9-27-16(3)18(15(2)23-27)14-26-10-6-11-28-17(13-26)12-19(24-28)21(29)20-7-8-22-25(20)4/h5,7-8,12,21,29H,1,6,9-11,13-14H2,2-4H3/t21-/m0/s1. The number of aliphatic hydroxyl groups is 1. The Morgan fingerprint density at radius 1 is 1.28 bits per heavy atom. The van der Waals surface area contributed by atoms with Crippen molar-refractivity contribution in [2.75, 3.05) is 6.54 Å². The summed E-state index contributed by atoms with van der Waals surface area (Å²) in [6, 6.07) is 3.85. The molecule has 1 atom stereocenters. The van der Waals surface area contributed by atoms with Crippen molar-refractivity contribution < 1.29 is 5.11 Å². The third-order valence-electron chi connectivity index (χ3n) is 5.75. The van der Waals surface area contributed by atoms with Crippen LogP contribution in [0.1, 0.15) is 46.6 Å². The number of allylic oxidation sites excluding steroid dienone is 1. The summed E-state index contributed by atoms with van der Waals surface area (Å²) < 4.78 is 5.74. The first-order valence-electron chi connectivity index (χ1n) is 10.1. The van der Waals surface area contributed by atoms with Crippen molar-refractivity contribution in [3.63, 3.8) is 0 Å². The largest absolute Gasteiger partial charge is 0.380 e. The molecule has 1 N–H and O–H groups in total. The highest BCUT2D eigenvalue weighted by Crippen LogP contribution is 2.24. The Morgan fingerprint density at radius 2 is 2.10 bits per heavy atom. The van der Waals surface area contributed by atoms with Crippen LogP contribution in [0.4, 0.5) is 0 Å². The SMILES string of the molecule is C=CCn1nc(C)c(CN2CCCn3nc([C@H](O)c4ccnn4C)cc3C2)c1C. The maximum Gasteiger partial charge on any atom is 0.139 e. The van der Waals surface area contributed by atoms with Crippen molar-refractivity contribution in [2.45, 2.75) is 52.6 Å². The van der Waals surface area contributed by atoms with E-state index < -0.39 is 6.10 Å². The van der Waals surface area contributed by atoms with E-state index in [9.17, 15) is 5.11 Å². The second kappa shape index (κ2) is 7.96. The van der Waals surface area contributed by atoms with E-state index in [1.807, 2.05) is 34.6 Å². The fraction of sp³-hybridized carbons (Fsp3) is 0.476. The van der Waals surface area contributed by atoms with Crippen molar-refractivity contribution in [1.82, 2.24) is 34.2 Å². The number of aryl methyl sites for hydroxylation is 3. The molecule has 0 spiro atoms. The predicted octanol–water partition coefficient (Wildman–Crippen LogP) is 2.10. The Balaban J connectivity index is 1.54. The molecule has 154 valence electrons. The van der Waals surface area contributed by atoms with E-state index in [4.69, 9.17) is 0 Å². The summed E-state index contributed by atoms with van der Waals surface area (Å²) in [5, 5.41) is 24.2. The molecule has 4 heterocycles. The third-order valence-corrected chi connectivity index (χ3v) is 5.75. The van der Waals surface area contributed by atoms with Crippen LogP contribution in [0.5, 0.6) is 0 Å². The predicted molar refractivity (Wildman–Crippen MR) is 110 cm³/mol. The molecule has 0 fully saturated rings. The van der Waals surface area contributed by atoms with Crippen LogP contribution in [-0.2, 0) is 33.2 Å². The molecule has 4 rings (SSSR count). The molecule has 1 aliphatic rings. The number of hydrogen-bond acceptors (Lipinski definition) is 5. The van der Waals surface area contributed by atoms with Crippen LogP contribution >= 0.6 is 0 Å². The van der Waals surface area contributed by atoms with Gasteiger partial charge < -0.3 is 5.11 Å². The number of nitrogens with zero attached hydrogens (tertiary/aromatic N) is 7. The van der Waals surface area contributed by atoms with Gasteiger partial charge in [-0.15, -0.1) is 6.58 Å². The second-order valence-corrected chi connectivity index (χ2v) is 7.75. The number of fused-ring (bicyclic) bond motifs is 1. The molecule has 0 aromatic carbocycles. The first-order valence-corrected chi connectivity index (χ1v) is 10.1. The Kier molecular flexibility index (Phi) is 5.38. The van der Waals surface area contributed by atoms with Gasteiger partial charge in [0.1, 0.15) is 6.10 Å². The van der Waals surface area contributed by atoms with E-state index in [0.29, 0.717) is 5.69 Å². The number of hydrogen-bond donors (Lipinski definition) is 1. The van der Waals surface area contributed by atoms with Crippen molar-refractivity contribution in [3.8, 4) is 0 Å². The third kappa shape index (κ3) is 3.77. The molecule has 1 aliphatic heterocycles. The van der Waals surface area contributed by atoms with E-state index in [1.165, 1.54) is 11.3 Å². The number of aliphatic hydroxyl groups excluding tert-OH is 1. The van der Waals surface area contributed by atoms with E-state index in [-0.39, 0.29) is 0 Å². The summed E-state index contributed by atoms with van der Waals surface area (Å²) in [5.41, 5.74) is 6.12. The highest BCUT2D eigenvalue weighted by Gasteiger charge is 2.23. The van der Waals surface area contributed by atoms with E-state index in [1.54, 1.807) is 10.9 Å². The van der Waals surface area contributed by atoms with Crippen molar-refractivity contribution in [3.05, 3.63) is 65.0 Å². The van der Waals surface area contributed by atoms with Gasteiger partial charge in [-0.25, -0.2) is 0 Å². The minimum absolute atomic E-state index is 0.677. The molecule has 0 radical (unpaired) electrons. The lowest BCUT2D eigenvalue weighted by atomic mass is 10.1. The van der Waals surface area contributed by atoms with Gasteiger partial charge in [0, 0.05) is 50.7 Å². The molecule has 0 aliphatic carbocycles. The summed E-state index contributed by atoms with van der Waals surface area (Å²) in [6.07, 6.45) is 3.83.